The molecule has 0 aromatic heterocycles. The van der Waals surface area contributed by atoms with Gasteiger partial charge in [0, 0.05) is 30.6 Å². The Morgan fingerprint density at radius 3 is 2.62 bits per heavy atom. The molecule has 0 atom stereocenters. The predicted molar refractivity (Wildman–Crippen MR) is 130 cm³/mol. The van der Waals surface area contributed by atoms with Gasteiger partial charge in [-0.15, -0.1) is 0 Å². The highest BCUT2D eigenvalue weighted by Crippen LogP contribution is 2.29. The van der Waals surface area contributed by atoms with Gasteiger partial charge in [0.2, 0.25) is 5.91 Å². The quantitative estimate of drug-likeness (QED) is 0.547. The van der Waals surface area contributed by atoms with Crippen LogP contribution in [0.15, 0.2) is 18.2 Å². The van der Waals surface area contributed by atoms with Crippen molar-refractivity contribution in [3.8, 4) is 0 Å². The summed E-state index contributed by atoms with van der Waals surface area (Å²) in [5.74, 6) is 0.446. The zero-order chi connectivity index (χ0) is 23.1. The first kappa shape index (κ1) is 24.6. The number of ether oxygens (including phenoxy) is 1. The number of fused-ring (bicyclic) bond motifs is 1. The Labute approximate surface area is 197 Å². The highest BCUT2D eigenvalue weighted by atomic mass is 35.5. The van der Waals surface area contributed by atoms with Crippen LogP contribution in [-0.4, -0.2) is 42.1 Å². The Morgan fingerprint density at radius 2 is 1.91 bits per heavy atom. The Bertz CT molecular complexity index is 838. The molecule has 0 unspecified atom stereocenters. The van der Waals surface area contributed by atoms with E-state index in [-0.39, 0.29) is 17.9 Å². The van der Waals surface area contributed by atoms with Crippen molar-refractivity contribution in [1.82, 2.24) is 10.2 Å². The van der Waals surface area contributed by atoms with E-state index in [0.29, 0.717) is 19.6 Å². The minimum atomic E-state index is -0.496. The Balaban J connectivity index is 1.54. The third-order valence-electron chi connectivity index (χ3n) is 6.19. The van der Waals surface area contributed by atoms with Crippen LogP contribution in [0.5, 0.6) is 0 Å². The molecule has 0 spiro atoms. The van der Waals surface area contributed by atoms with Crippen LogP contribution < -0.4 is 5.32 Å². The topological polar surface area (TPSA) is 58.6 Å². The number of hydrogen-bond acceptors (Lipinski definition) is 3. The second kappa shape index (κ2) is 11.2. The number of hydrogen-bond donors (Lipinski definition) is 1. The van der Waals surface area contributed by atoms with Gasteiger partial charge in [-0.3, -0.25) is 4.79 Å². The summed E-state index contributed by atoms with van der Waals surface area (Å²) < 4.78 is 5.55. The van der Waals surface area contributed by atoms with Gasteiger partial charge in [0.15, 0.2) is 0 Å². The summed E-state index contributed by atoms with van der Waals surface area (Å²) in [7, 11) is 0. The van der Waals surface area contributed by atoms with E-state index in [0.717, 1.165) is 49.1 Å². The maximum atomic E-state index is 12.5. The molecular formula is C26H37ClN2O3. The smallest absolute Gasteiger partial charge is 0.410 e. The van der Waals surface area contributed by atoms with E-state index in [1.807, 2.05) is 26.8 Å². The van der Waals surface area contributed by atoms with E-state index in [4.69, 9.17) is 16.3 Å². The molecule has 3 rings (SSSR count). The second-order valence-electron chi connectivity index (χ2n) is 9.88. The molecule has 0 radical (unpaired) electrons. The Morgan fingerprint density at radius 1 is 1.19 bits per heavy atom. The predicted octanol–water partition coefficient (Wildman–Crippen LogP) is 5.78. The van der Waals surface area contributed by atoms with Gasteiger partial charge in [-0.05, 0) is 82.1 Å². The minimum absolute atomic E-state index is 0.220. The number of nitrogens with one attached hydrogen (secondary N) is 1. The standard InChI is InChI=1S/C26H37ClN2O3/c1-26(2,3)32-25(31)29-17-14-19-12-13-23(27)22(21(19)15-18-29)11-5-4-8-16-28-24(30)20-9-6-7-10-20/h5,11-13,20H,4,6-10,14-18H2,1-3H3,(H,28,30). The maximum Gasteiger partial charge on any atom is 0.410 e. The van der Waals surface area contributed by atoms with Gasteiger partial charge < -0.3 is 15.0 Å². The first-order chi connectivity index (χ1) is 15.2. The Hall–Kier alpha value is -2.01. The van der Waals surface area contributed by atoms with Crippen molar-refractivity contribution < 1.29 is 14.3 Å². The second-order valence-corrected chi connectivity index (χ2v) is 10.3. The molecule has 1 aliphatic carbocycles. The highest BCUT2D eigenvalue weighted by molar-refractivity contribution is 6.32. The van der Waals surface area contributed by atoms with Crippen LogP contribution in [0.3, 0.4) is 0 Å². The normalized spacial score (nSPS) is 17.3. The van der Waals surface area contributed by atoms with Crippen LogP contribution in [0.1, 0.15) is 76.0 Å². The van der Waals surface area contributed by atoms with E-state index >= 15 is 0 Å². The first-order valence-electron chi connectivity index (χ1n) is 12.0. The number of carbonyl (C=O) groups is 2. The van der Waals surface area contributed by atoms with Crippen molar-refractivity contribution in [3.63, 3.8) is 0 Å². The number of carbonyl (C=O) groups excluding carboxylic acids is 2. The summed E-state index contributed by atoms with van der Waals surface area (Å²) in [5, 5.41) is 3.81. The number of halogens is 1. The molecule has 1 saturated carbocycles. The molecule has 2 aliphatic rings. The van der Waals surface area contributed by atoms with Gasteiger partial charge in [0.25, 0.3) is 0 Å². The number of amides is 2. The molecule has 1 N–H and O–H groups in total. The maximum absolute atomic E-state index is 12.5. The van der Waals surface area contributed by atoms with E-state index in [2.05, 4.69) is 23.5 Å². The van der Waals surface area contributed by atoms with Gasteiger partial charge in [-0.25, -0.2) is 4.79 Å². The number of unbranched alkanes of at least 4 members (excludes halogenated alkanes) is 1. The van der Waals surface area contributed by atoms with Gasteiger partial charge in [-0.1, -0.05) is 42.7 Å². The average molecular weight is 461 g/mol. The fraction of sp³-hybridized carbons (Fsp3) is 0.615. The summed E-state index contributed by atoms with van der Waals surface area (Å²) in [5.41, 5.74) is 3.01. The zero-order valence-electron chi connectivity index (χ0n) is 19.7. The third kappa shape index (κ3) is 6.99. The number of nitrogens with zero attached hydrogens (tertiary/aromatic N) is 1. The summed E-state index contributed by atoms with van der Waals surface area (Å²) >= 11 is 6.54. The number of benzene rings is 1. The summed E-state index contributed by atoms with van der Waals surface area (Å²) in [4.78, 5) is 26.4. The van der Waals surface area contributed by atoms with Crippen molar-refractivity contribution in [2.45, 2.75) is 77.7 Å². The molecule has 176 valence electrons. The third-order valence-corrected chi connectivity index (χ3v) is 6.52. The van der Waals surface area contributed by atoms with Crippen molar-refractivity contribution >= 4 is 29.7 Å². The van der Waals surface area contributed by atoms with E-state index in [9.17, 15) is 9.59 Å². The van der Waals surface area contributed by atoms with Crippen LogP contribution in [0, 0.1) is 5.92 Å². The number of rotatable bonds is 6. The van der Waals surface area contributed by atoms with Crippen molar-refractivity contribution in [1.29, 1.82) is 0 Å². The lowest BCUT2D eigenvalue weighted by atomic mass is 9.96. The lowest BCUT2D eigenvalue weighted by Crippen LogP contribution is -2.38. The van der Waals surface area contributed by atoms with Crippen molar-refractivity contribution in [3.05, 3.63) is 39.9 Å². The minimum Gasteiger partial charge on any atom is -0.444 e. The van der Waals surface area contributed by atoms with Gasteiger partial charge in [-0.2, -0.15) is 0 Å². The molecule has 0 saturated heterocycles. The van der Waals surface area contributed by atoms with Gasteiger partial charge in [0.1, 0.15) is 5.60 Å². The highest BCUT2D eigenvalue weighted by Gasteiger charge is 2.25. The van der Waals surface area contributed by atoms with Crippen LogP contribution in [-0.2, 0) is 22.4 Å². The molecule has 0 bridgehead atoms. The lowest BCUT2D eigenvalue weighted by molar-refractivity contribution is -0.124. The molecule has 1 fully saturated rings. The largest absolute Gasteiger partial charge is 0.444 e. The fourth-order valence-electron chi connectivity index (χ4n) is 4.48. The average Bonchev–Trinajstić information content (AvgIpc) is 3.17. The lowest BCUT2D eigenvalue weighted by Gasteiger charge is -2.26. The van der Waals surface area contributed by atoms with E-state index in [1.54, 1.807) is 4.90 Å². The fourth-order valence-corrected chi connectivity index (χ4v) is 4.72. The molecule has 6 heteroatoms. The van der Waals surface area contributed by atoms with E-state index in [1.165, 1.54) is 24.0 Å². The van der Waals surface area contributed by atoms with Crippen LogP contribution in [0.4, 0.5) is 4.79 Å². The molecule has 1 aromatic carbocycles. The van der Waals surface area contributed by atoms with E-state index < -0.39 is 5.60 Å². The summed E-state index contributed by atoms with van der Waals surface area (Å²) in [6, 6.07) is 4.02. The SMILES string of the molecule is CC(C)(C)OC(=O)N1CCc2ccc(Cl)c(C=CCCCNC(=O)C3CCCC3)c2CC1. The van der Waals surface area contributed by atoms with Crippen molar-refractivity contribution in [2.24, 2.45) is 5.92 Å². The zero-order valence-corrected chi connectivity index (χ0v) is 20.5. The van der Waals surface area contributed by atoms with Gasteiger partial charge in [0.05, 0.1) is 0 Å². The first-order valence-corrected chi connectivity index (χ1v) is 12.3. The molecule has 32 heavy (non-hydrogen) atoms. The van der Waals surface area contributed by atoms with Gasteiger partial charge >= 0.3 is 6.09 Å². The van der Waals surface area contributed by atoms with Crippen LogP contribution in [0.25, 0.3) is 6.08 Å². The molecule has 1 aromatic rings. The van der Waals surface area contributed by atoms with Crippen LogP contribution in [0.2, 0.25) is 5.02 Å². The summed E-state index contributed by atoms with van der Waals surface area (Å²) in [6.07, 6.45) is 11.8. The monoisotopic (exact) mass is 460 g/mol. The molecule has 1 aliphatic heterocycles. The molecule has 5 nitrogen and oxygen atoms in total. The number of allylic oxidation sites excluding steroid dienone is 1. The molecule has 1 heterocycles. The molecular weight excluding hydrogens is 424 g/mol. The van der Waals surface area contributed by atoms with Crippen molar-refractivity contribution in [2.75, 3.05) is 19.6 Å². The Kier molecular flexibility index (Phi) is 8.64. The summed E-state index contributed by atoms with van der Waals surface area (Å²) in [6.45, 7) is 7.65. The van der Waals surface area contributed by atoms with Crippen LogP contribution >= 0.6 is 11.6 Å². The molecule has 2 amide bonds.